The molecule has 0 aliphatic rings. The van der Waals surface area contributed by atoms with Crippen LogP contribution in [0, 0.1) is 0 Å². The van der Waals surface area contributed by atoms with Gasteiger partial charge in [0, 0.05) is 16.5 Å². The average molecular weight is 356 g/mol. The summed E-state index contributed by atoms with van der Waals surface area (Å²) < 4.78 is 0. The number of rotatable bonds is 2. The van der Waals surface area contributed by atoms with E-state index in [1.165, 1.54) is 10.6 Å². The zero-order valence-corrected chi connectivity index (χ0v) is 15.0. The van der Waals surface area contributed by atoms with Gasteiger partial charge in [-0.05, 0) is 16.3 Å². The van der Waals surface area contributed by atoms with Gasteiger partial charge in [0.15, 0.2) is 0 Å². The first kappa shape index (κ1) is 21.4. The van der Waals surface area contributed by atoms with Gasteiger partial charge in [-0.2, -0.15) is 0 Å². The Morgan fingerprint density at radius 1 is 0.842 bits per heavy atom. The second-order valence-electron chi connectivity index (χ2n) is 4.08. The number of halogens is 1. The quantitative estimate of drug-likeness (QED) is 0.546. The van der Waals surface area contributed by atoms with Crippen LogP contribution in [0.25, 0.3) is 0 Å². The van der Waals surface area contributed by atoms with Crippen LogP contribution in [0.5, 0.6) is 0 Å². The first-order chi connectivity index (χ1) is 8.18. The summed E-state index contributed by atoms with van der Waals surface area (Å²) in [4.78, 5) is 0. The van der Waals surface area contributed by atoms with Crippen molar-refractivity contribution in [2.45, 2.75) is 19.5 Å². The van der Waals surface area contributed by atoms with Crippen LogP contribution in [0.3, 0.4) is 0 Å². The van der Waals surface area contributed by atoms with Gasteiger partial charge in [-0.25, -0.2) is 0 Å². The van der Waals surface area contributed by atoms with Crippen molar-refractivity contribution in [2.75, 3.05) is 0 Å². The van der Waals surface area contributed by atoms with Crippen LogP contribution >= 0.6 is 17.8 Å². The first-order valence-electron chi connectivity index (χ1n) is 5.80. The second-order valence-corrected chi connectivity index (χ2v) is 6.76. The van der Waals surface area contributed by atoms with E-state index in [1.807, 2.05) is 30.3 Å². The van der Waals surface area contributed by atoms with Crippen molar-refractivity contribution >= 4 is 28.4 Å². The third-order valence-electron chi connectivity index (χ3n) is 2.03. The molecule has 0 spiro atoms. The Hall–Kier alpha value is 0.0835. The van der Waals surface area contributed by atoms with Gasteiger partial charge < -0.3 is 12.4 Å². The molecule has 2 atom stereocenters. The van der Waals surface area contributed by atoms with Crippen molar-refractivity contribution in [1.82, 2.24) is 0 Å². The molecule has 0 aliphatic carbocycles. The Bertz CT molecular complexity index is 407. The SMILES string of the molecule is CC(C)Pc1ccccc1.Pc1ccccc1.[Cl-].[Ni]. The molecule has 0 fully saturated rings. The standard InChI is InChI=1S/C9H13P.C6H7P.ClH.Ni/c1-8(2)10-9-6-4-3-5-7-9;7-6-4-2-1-3-5-6;;/h3-8,10H,1-2H3;1-5H,7H2;1H;/p-1. The maximum absolute atomic E-state index is 2.63. The monoisotopic (exact) mass is 355 g/mol. The molecule has 0 saturated carbocycles. The molecule has 0 aliphatic heterocycles. The summed E-state index contributed by atoms with van der Waals surface area (Å²) in [6, 6.07) is 20.8. The summed E-state index contributed by atoms with van der Waals surface area (Å²) in [6.07, 6.45) is 0. The fraction of sp³-hybridized carbons (Fsp3) is 0.200. The summed E-state index contributed by atoms with van der Waals surface area (Å²) in [5, 5.41) is 2.71. The predicted molar refractivity (Wildman–Crippen MR) is 85.3 cm³/mol. The molecule has 0 bridgehead atoms. The van der Waals surface area contributed by atoms with Gasteiger partial charge in [-0.15, -0.1) is 9.24 Å². The van der Waals surface area contributed by atoms with Gasteiger partial charge in [0.2, 0.25) is 0 Å². The molecule has 108 valence electrons. The predicted octanol–water partition coefficient (Wildman–Crippen LogP) is 0.587. The van der Waals surface area contributed by atoms with Crippen molar-refractivity contribution in [2.24, 2.45) is 0 Å². The maximum Gasteiger partial charge on any atom is 0 e. The zero-order valence-electron chi connectivity index (χ0n) is 11.1. The molecule has 19 heavy (non-hydrogen) atoms. The topological polar surface area (TPSA) is 0 Å². The van der Waals surface area contributed by atoms with Crippen LogP contribution in [0.4, 0.5) is 0 Å². The fourth-order valence-electron chi connectivity index (χ4n) is 1.32. The summed E-state index contributed by atoms with van der Waals surface area (Å²) in [7, 11) is 3.59. The van der Waals surface area contributed by atoms with Crippen LogP contribution in [0.1, 0.15) is 13.8 Å². The third kappa shape index (κ3) is 11.6. The molecular formula is C15H20ClNiP2-. The van der Waals surface area contributed by atoms with Crippen molar-refractivity contribution in [3.8, 4) is 0 Å². The van der Waals surface area contributed by atoms with E-state index in [0.29, 0.717) is 0 Å². The van der Waals surface area contributed by atoms with Gasteiger partial charge >= 0.3 is 0 Å². The number of benzene rings is 2. The minimum absolute atomic E-state index is 0. The van der Waals surface area contributed by atoms with Gasteiger partial charge in [-0.3, -0.25) is 0 Å². The van der Waals surface area contributed by atoms with Gasteiger partial charge in [0.05, 0.1) is 0 Å². The molecule has 2 rings (SSSR count). The molecule has 2 aromatic rings. The molecule has 0 heterocycles. The molecule has 0 radical (unpaired) electrons. The summed E-state index contributed by atoms with van der Waals surface area (Å²) in [5.74, 6) is 0. The molecule has 0 nitrogen and oxygen atoms in total. The Morgan fingerprint density at radius 3 is 1.58 bits per heavy atom. The Kier molecular flexibility index (Phi) is 14.7. The Labute approximate surface area is 137 Å². The van der Waals surface area contributed by atoms with E-state index in [0.717, 1.165) is 14.2 Å². The summed E-state index contributed by atoms with van der Waals surface area (Å²) >= 11 is 0. The Balaban J connectivity index is 0. The minimum Gasteiger partial charge on any atom is -1.00 e. The fourth-order valence-corrected chi connectivity index (χ4v) is 2.59. The Morgan fingerprint density at radius 2 is 1.26 bits per heavy atom. The van der Waals surface area contributed by atoms with E-state index in [1.54, 1.807) is 0 Å². The van der Waals surface area contributed by atoms with E-state index in [2.05, 4.69) is 53.4 Å². The molecule has 0 amide bonds. The van der Waals surface area contributed by atoms with E-state index < -0.39 is 0 Å². The average Bonchev–Trinajstić information content (AvgIpc) is 2.31. The maximum atomic E-state index is 2.63. The van der Waals surface area contributed by atoms with Gasteiger partial charge in [0.25, 0.3) is 0 Å². The van der Waals surface area contributed by atoms with Crippen LogP contribution in [0.15, 0.2) is 60.7 Å². The van der Waals surface area contributed by atoms with Crippen LogP contribution in [-0.2, 0) is 16.5 Å². The molecular weight excluding hydrogens is 336 g/mol. The van der Waals surface area contributed by atoms with E-state index in [4.69, 9.17) is 0 Å². The summed E-state index contributed by atoms with van der Waals surface area (Å²) in [6.45, 7) is 4.51. The first-order valence-corrected chi connectivity index (χ1v) is 7.46. The van der Waals surface area contributed by atoms with Crippen LogP contribution < -0.4 is 23.0 Å². The van der Waals surface area contributed by atoms with Crippen LogP contribution in [0.2, 0.25) is 0 Å². The van der Waals surface area contributed by atoms with Crippen molar-refractivity contribution in [3.05, 3.63) is 60.7 Å². The number of hydrogen-bond donors (Lipinski definition) is 0. The molecule has 2 unspecified atom stereocenters. The molecule has 4 heteroatoms. The minimum atomic E-state index is 0. The molecule has 0 aromatic heterocycles. The number of hydrogen-bond acceptors (Lipinski definition) is 0. The van der Waals surface area contributed by atoms with Gasteiger partial charge in [-0.1, -0.05) is 83.1 Å². The smallest absolute Gasteiger partial charge is 0 e. The zero-order chi connectivity index (χ0) is 12.5. The second kappa shape index (κ2) is 13.1. The summed E-state index contributed by atoms with van der Waals surface area (Å²) in [5.41, 5.74) is 0.794. The van der Waals surface area contributed by atoms with E-state index >= 15 is 0 Å². The molecule has 0 N–H and O–H groups in total. The van der Waals surface area contributed by atoms with Crippen molar-refractivity contribution in [3.63, 3.8) is 0 Å². The normalized spacial score (nSPS) is 9.26. The van der Waals surface area contributed by atoms with Crippen LogP contribution in [-0.4, -0.2) is 5.66 Å². The largest absolute Gasteiger partial charge is 1.00 e. The van der Waals surface area contributed by atoms with E-state index in [-0.39, 0.29) is 28.9 Å². The molecule has 2 aromatic carbocycles. The van der Waals surface area contributed by atoms with E-state index in [9.17, 15) is 0 Å². The van der Waals surface area contributed by atoms with Crippen molar-refractivity contribution < 1.29 is 28.9 Å². The molecule has 0 saturated heterocycles. The van der Waals surface area contributed by atoms with Crippen molar-refractivity contribution in [1.29, 1.82) is 0 Å². The third-order valence-corrected chi connectivity index (χ3v) is 3.66. The van der Waals surface area contributed by atoms with Gasteiger partial charge in [0.1, 0.15) is 0 Å².